The first kappa shape index (κ1) is 20.5. The summed E-state index contributed by atoms with van der Waals surface area (Å²) in [5.74, 6) is 1.77. The lowest BCUT2D eigenvalue weighted by atomic mass is 9.61. The third-order valence-corrected chi connectivity index (χ3v) is 6.99. The van der Waals surface area contributed by atoms with E-state index in [1.54, 1.807) is 10.9 Å². The average Bonchev–Trinajstić information content (AvgIpc) is 2.99. The first-order valence-electron chi connectivity index (χ1n) is 11.4. The van der Waals surface area contributed by atoms with Gasteiger partial charge in [-0.3, -0.25) is 4.79 Å². The second-order valence-electron chi connectivity index (χ2n) is 10.7. The van der Waals surface area contributed by atoms with Crippen LogP contribution >= 0.6 is 0 Å². The molecule has 2 bridgehead atoms. The number of carbonyl (C=O) groups is 1. The standard InChI is InChI=1S/C24H37N3O2/c1-17-10-19-12-23(2,3)16-24(11-17,13-19)26-21(28)20-14-25-27(4)22(20)29-15-18-8-6-5-7-9-18/h12,14,17-18H,5-11,13,15-16H2,1-4H3,(H,26,28). The molecule has 0 spiro atoms. The van der Waals surface area contributed by atoms with Gasteiger partial charge in [0.1, 0.15) is 5.56 Å². The van der Waals surface area contributed by atoms with Gasteiger partial charge in [-0.15, -0.1) is 0 Å². The minimum absolute atomic E-state index is 0.0390. The van der Waals surface area contributed by atoms with E-state index in [0.29, 0.717) is 29.9 Å². The molecule has 5 heteroatoms. The molecule has 3 aliphatic carbocycles. The Bertz CT molecular complexity index is 788. The third-order valence-electron chi connectivity index (χ3n) is 6.99. The summed E-state index contributed by atoms with van der Waals surface area (Å²) in [7, 11) is 1.86. The van der Waals surface area contributed by atoms with Crippen LogP contribution in [-0.2, 0) is 7.05 Å². The molecule has 1 amide bonds. The van der Waals surface area contributed by atoms with Crippen LogP contribution in [0.2, 0.25) is 0 Å². The molecule has 3 aliphatic rings. The van der Waals surface area contributed by atoms with Crippen LogP contribution in [0.4, 0.5) is 0 Å². The van der Waals surface area contributed by atoms with Crippen LogP contribution in [0.25, 0.3) is 0 Å². The van der Waals surface area contributed by atoms with E-state index in [1.807, 2.05) is 7.05 Å². The molecular weight excluding hydrogens is 362 g/mol. The molecule has 2 fully saturated rings. The Kier molecular flexibility index (Phi) is 5.52. The Labute approximate surface area is 175 Å². The van der Waals surface area contributed by atoms with Gasteiger partial charge in [-0.05, 0) is 55.8 Å². The molecule has 0 aromatic carbocycles. The third kappa shape index (κ3) is 4.54. The van der Waals surface area contributed by atoms with Gasteiger partial charge in [0.25, 0.3) is 5.91 Å². The summed E-state index contributed by atoms with van der Waals surface area (Å²) in [6.07, 6.45) is 14.6. The minimum Gasteiger partial charge on any atom is -0.477 e. The minimum atomic E-state index is -0.154. The molecule has 1 aromatic heterocycles. The number of amides is 1. The van der Waals surface area contributed by atoms with E-state index in [-0.39, 0.29) is 16.9 Å². The molecule has 1 aromatic rings. The topological polar surface area (TPSA) is 56.2 Å². The number of ether oxygens (including phenoxy) is 1. The molecule has 0 radical (unpaired) electrons. The molecular formula is C24H37N3O2. The van der Waals surface area contributed by atoms with Crippen molar-refractivity contribution >= 4 is 5.91 Å². The molecule has 2 unspecified atom stereocenters. The first-order chi connectivity index (χ1) is 13.8. The highest BCUT2D eigenvalue weighted by atomic mass is 16.5. The quantitative estimate of drug-likeness (QED) is 0.707. The molecule has 2 atom stereocenters. The van der Waals surface area contributed by atoms with Gasteiger partial charge in [0.15, 0.2) is 0 Å². The van der Waals surface area contributed by atoms with Crippen molar-refractivity contribution in [3.63, 3.8) is 0 Å². The molecule has 29 heavy (non-hydrogen) atoms. The van der Waals surface area contributed by atoms with E-state index in [9.17, 15) is 4.79 Å². The lowest BCUT2D eigenvalue weighted by Crippen LogP contribution is -2.55. The van der Waals surface area contributed by atoms with Crippen LogP contribution in [0, 0.1) is 17.3 Å². The van der Waals surface area contributed by atoms with E-state index < -0.39 is 0 Å². The number of fused-ring (bicyclic) bond motifs is 2. The second kappa shape index (κ2) is 7.81. The smallest absolute Gasteiger partial charge is 0.258 e. The van der Waals surface area contributed by atoms with Crippen LogP contribution in [0.1, 0.15) is 88.9 Å². The zero-order valence-corrected chi connectivity index (χ0v) is 18.6. The van der Waals surface area contributed by atoms with Crippen molar-refractivity contribution < 1.29 is 9.53 Å². The molecule has 160 valence electrons. The zero-order chi connectivity index (χ0) is 20.6. The monoisotopic (exact) mass is 399 g/mol. The summed E-state index contributed by atoms with van der Waals surface area (Å²) in [5.41, 5.74) is 2.04. The maximum Gasteiger partial charge on any atom is 0.258 e. The average molecular weight is 400 g/mol. The molecule has 2 saturated carbocycles. The van der Waals surface area contributed by atoms with Gasteiger partial charge in [-0.25, -0.2) is 4.68 Å². The maximum atomic E-state index is 13.3. The van der Waals surface area contributed by atoms with E-state index in [2.05, 4.69) is 37.3 Å². The number of carbonyl (C=O) groups excluding carboxylic acids is 1. The number of hydrogen-bond acceptors (Lipinski definition) is 3. The summed E-state index contributed by atoms with van der Waals surface area (Å²) >= 11 is 0. The number of allylic oxidation sites excluding steroid dienone is 1. The van der Waals surface area contributed by atoms with Crippen molar-refractivity contribution in [1.82, 2.24) is 15.1 Å². The van der Waals surface area contributed by atoms with Crippen molar-refractivity contribution in [2.75, 3.05) is 6.61 Å². The summed E-state index contributed by atoms with van der Waals surface area (Å²) < 4.78 is 7.85. The zero-order valence-electron chi connectivity index (χ0n) is 18.6. The molecule has 0 saturated heterocycles. The van der Waals surface area contributed by atoms with Crippen LogP contribution in [-0.4, -0.2) is 27.8 Å². The van der Waals surface area contributed by atoms with Crippen LogP contribution < -0.4 is 10.1 Å². The molecule has 1 heterocycles. The highest BCUT2D eigenvalue weighted by Gasteiger charge is 2.45. The lowest BCUT2D eigenvalue weighted by Gasteiger charge is -2.49. The van der Waals surface area contributed by atoms with Gasteiger partial charge < -0.3 is 10.1 Å². The van der Waals surface area contributed by atoms with Crippen molar-refractivity contribution in [3.8, 4) is 5.88 Å². The van der Waals surface area contributed by atoms with E-state index in [1.165, 1.54) is 37.7 Å². The van der Waals surface area contributed by atoms with E-state index in [0.717, 1.165) is 25.7 Å². The number of rotatable bonds is 5. The Hall–Kier alpha value is -1.78. The largest absolute Gasteiger partial charge is 0.477 e. The first-order valence-corrected chi connectivity index (χ1v) is 11.4. The predicted octanol–water partition coefficient (Wildman–Crippen LogP) is 5.02. The molecule has 4 rings (SSSR count). The Morgan fingerprint density at radius 1 is 1.31 bits per heavy atom. The van der Waals surface area contributed by atoms with Gasteiger partial charge in [-0.1, -0.05) is 51.7 Å². The fourth-order valence-electron chi connectivity index (χ4n) is 6.24. The highest BCUT2D eigenvalue weighted by Crippen LogP contribution is 2.48. The number of nitrogens with one attached hydrogen (secondary N) is 1. The Morgan fingerprint density at radius 2 is 2.07 bits per heavy atom. The number of aromatic nitrogens is 2. The van der Waals surface area contributed by atoms with Gasteiger partial charge in [0.2, 0.25) is 5.88 Å². The number of hydrogen-bond donors (Lipinski definition) is 1. The normalized spacial score (nSPS) is 29.2. The number of aryl methyl sites for hydroxylation is 1. The van der Waals surface area contributed by atoms with E-state index >= 15 is 0 Å². The molecule has 1 N–H and O–H groups in total. The SMILES string of the molecule is CC1CC2=CC(C)(C)CC(NC(=O)c3cnn(C)c3OCC3CCCCC3)(C2)C1. The van der Waals surface area contributed by atoms with Crippen molar-refractivity contribution in [2.24, 2.45) is 24.3 Å². The van der Waals surface area contributed by atoms with Crippen molar-refractivity contribution in [3.05, 3.63) is 23.4 Å². The molecule has 5 nitrogen and oxygen atoms in total. The lowest BCUT2D eigenvalue weighted by molar-refractivity contribution is 0.0796. The van der Waals surface area contributed by atoms with Gasteiger partial charge in [0, 0.05) is 12.6 Å². The summed E-state index contributed by atoms with van der Waals surface area (Å²) in [4.78, 5) is 13.3. The maximum absolute atomic E-state index is 13.3. The van der Waals surface area contributed by atoms with Crippen LogP contribution in [0.5, 0.6) is 5.88 Å². The fourth-order valence-corrected chi connectivity index (χ4v) is 6.24. The second-order valence-corrected chi connectivity index (χ2v) is 10.7. The summed E-state index contributed by atoms with van der Waals surface area (Å²) in [5, 5.41) is 7.78. The van der Waals surface area contributed by atoms with Gasteiger partial charge in [-0.2, -0.15) is 5.10 Å². The highest BCUT2D eigenvalue weighted by molar-refractivity contribution is 5.96. The van der Waals surface area contributed by atoms with E-state index in [4.69, 9.17) is 4.74 Å². The fraction of sp³-hybridized carbons (Fsp3) is 0.750. The van der Waals surface area contributed by atoms with Gasteiger partial charge >= 0.3 is 0 Å². The molecule has 0 aliphatic heterocycles. The summed E-state index contributed by atoms with van der Waals surface area (Å²) in [6.45, 7) is 7.55. The summed E-state index contributed by atoms with van der Waals surface area (Å²) in [6, 6.07) is 0. The van der Waals surface area contributed by atoms with Crippen LogP contribution in [0.15, 0.2) is 17.8 Å². The van der Waals surface area contributed by atoms with Crippen molar-refractivity contribution in [1.29, 1.82) is 0 Å². The number of nitrogens with zero attached hydrogens (tertiary/aromatic N) is 2. The van der Waals surface area contributed by atoms with Gasteiger partial charge in [0.05, 0.1) is 12.8 Å². The Morgan fingerprint density at radius 3 is 2.83 bits per heavy atom. The van der Waals surface area contributed by atoms with Crippen LogP contribution in [0.3, 0.4) is 0 Å². The predicted molar refractivity (Wildman–Crippen MR) is 115 cm³/mol. The Balaban J connectivity index is 1.49. The van der Waals surface area contributed by atoms with Crippen molar-refractivity contribution in [2.45, 2.75) is 84.1 Å².